The molecule has 190 valence electrons. The molecule has 2 aromatic carbocycles. The van der Waals surface area contributed by atoms with Crippen molar-refractivity contribution in [2.24, 2.45) is 0 Å². The standard InChI is InChI=1S/C23H23N3O8S2/c1-16-6-10-20(11-7-16)35(29,30)25-22(27)33-14-18-4-3-5-19(24-18)15-34-23(28)26-36(31,32)21-12-8-17(2)9-13-21/h3-13H,14-15H2,1-2H3,(H,25,27)(H,26,28). The molecule has 0 aliphatic carbocycles. The second-order valence-corrected chi connectivity index (χ2v) is 11.0. The SMILES string of the molecule is Cc1ccc(S(=O)(=O)NC(=O)OCc2cccc(COC(=O)NS(=O)(=O)c3ccc(C)cc3)n2)cc1. The number of carbonyl (C=O) groups excluding carboxylic acids is 2. The van der Waals surface area contributed by atoms with E-state index in [0.29, 0.717) is 0 Å². The van der Waals surface area contributed by atoms with Crippen LogP contribution in [0.3, 0.4) is 0 Å². The van der Waals surface area contributed by atoms with E-state index < -0.39 is 32.2 Å². The van der Waals surface area contributed by atoms with Crippen molar-refractivity contribution in [3.63, 3.8) is 0 Å². The number of hydrogen-bond donors (Lipinski definition) is 2. The van der Waals surface area contributed by atoms with Crippen molar-refractivity contribution in [2.75, 3.05) is 0 Å². The number of nitrogens with one attached hydrogen (secondary N) is 2. The first-order chi connectivity index (χ1) is 16.9. The number of carbonyl (C=O) groups is 2. The fourth-order valence-electron chi connectivity index (χ4n) is 2.80. The van der Waals surface area contributed by atoms with Crippen LogP contribution in [0.15, 0.2) is 76.5 Å². The average Bonchev–Trinajstić information content (AvgIpc) is 2.82. The van der Waals surface area contributed by atoms with E-state index in [9.17, 15) is 26.4 Å². The number of sulfonamides is 2. The van der Waals surface area contributed by atoms with Gasteiger partial charge < -0.3 is 9.47 Å². The Bertz CT molecular complexity index is 1350. The van der Waals surface area contributed by atoms with E-state index in [1.54, 1.807) is 53.6 Å². The summed E-state index contributed by atoms with van der Waals surface area (Å²) < 4.78 is 62.4. The molecule has 2 amide bonds. The molecule has 2 N–H and O–H groups in total. The summed E-state index contributed by atoms with van der Waals surface area (Å²) in [5, 5.41) is 0. The molecule has 1 heterocycles. The first-order valence-corrected chi connectivity index (χ1v) is 13.4. The Hall–Kier alpha value is -3.97. The van der Waals surface area contributed by atoms with Gasteiger partial charge in [-0.1, -0.05) is 41.5 Å². The van der Waals surface area contributed by atoms with Gasteiger partial charge in [-0.3, -0.25) is 4.98 Å². The highest BCUT2D eigenvalue weighted by molar-refractivity contribution is 7.90. The van der Waals surface area contributed by atoms with E-state index in [4.69, 9.17) is 9.47 Å². The monoisotopic (exact) mass is 533 g/mol. The quantitative estimate of drug-likeness (QED) is 0.444. The van der Waals surface area contributed by atoms with E-state index in [1.807, 2.05) is 0 Å². The van der Waals surface area contributed by atoms with Crippen molar-refractivity contribution in [1.29, 1.82) is 0 Å². The minimum Gasteiger partial charge on any atom is -0.442 e. The Kier molecular flexibility index (Phi) is 8.27. The molecule has 3 rings (SSSR count). The first-order valence-electron chi connectivity index (χ1n) is 10.4. The number of aromatic nitrogens is 1. The Morgan fingerprint density at radius 3 is 1.39 bits per heavy atom. The van der Waals surface area contributed by atoms with Gasteiger partial charge in [-0.25, -0.2) is 35.9 Å². The number of ether oxygens (including phenoxy) is 2. The molecule has 0 fully saturated rings. The van der Waals surface area contributed by atoms with Gasteiger partial charge in [-0.2, -0.15) is 0 Å². The zero-order valence-electron chi connectivity index (χ0n) is 19.3. The number of amides is 2. The van der Waals surface area contributed by atoms with Gasteiger partial charge in [0.1, 0.15) is 13.2 Å². The summed E-state index contributed by atoms with van der Waals surface area (Å²) in [4.78, 5) is 27.9. The van der Waals surface area contributed by atoms with Gasteiger partial charge in [-0.15, -0.1) is 0 Å². The molecule has 0 unspecified atom stereocenters. The maximum Gasteiger partial charge on any atom is 0.421 e. The van der Waals surface area contributed by atoms with Crippen molar-refractivity contribution in [3.8, 4) is 0 Å². The van der Waals surface area contributed by atoms with Gasteiger partial charge in [0.25, 0.3) is 20.0 Å². The molecule has 0 saturated heterocycles. The van der Waals surface area contributed by atoms with Gasteiger partial charge >= 0.3 is 12.2 Å². The zero-order valence-corrected chi connectivity index (χ0v) is 20.9. The lowest BCUT2D eigenvalue weighted by Crippen LogP contribution is -2.31. The lowest BCUT2D eigenvalue weighted by Gasteiger charge is -2.10. The minimum absolute atomic E-state index is 0.0926. The van der Waals surface area contributed by atoms with Gasteiger partial charge in [-0.05, 0) is 50.2 Å². The van der Waals surface area contributed by atoms with Gasteiger partial charge in [0.05, 0.1) is 21.2 Å². The Morgan fingerprint density at radius 2 is 1.03 bits per heavy atom. The largest absolute Gasteiger partial charge is 0.442 e. The van der Waals surface area contributed by atoms with E-state index >= 15 is 0 Å². The number of nitrogens with zero attached hydrogens (tertiary/aromatic N) is 1. The third-order valence-electron chi connectivity index (χ3n) is 4.66. The second kappa shape index (κ2) is 11.2. The van der Waals surface area contributed by atoms with E-state index in [2.05, 4.69) is 4.98 Å². The number of benzene rings is 2. The van der Waals surface area contributed by atoms with Crippen LogP contribution in [0.2, 0.25) is 0 Å². The lowest BCUT2D eigenvalue weighted by molar-refractivity contribution is 0.142. The Balaban J connectivity index is 1.51. The van der Waals surface area contributed by atoms with E-state index in [-0.39, 0.29) is 34.4 Å². The molecule has 36 heavy (non-hydrogen) atoms. The molecular formula is C23H23N3O8S2. The molecule has 0 aliphatic heterocycles. The van der Waals surface area contributed by atoms with E-state index in [1.165, 1.54) is 36.4 Å². The molecule has 0 saturated carbocycles. The third-order valence-corrected chi connectivity index (χ3v) is 7.32. The molecule has 0 spiro atoms. The van der Waals surface area contributed by atoms with Crippen LogP contribution >= 0.6 is 0 Å². The van der Waals surface area contributed by atoms with Crippen LogP contribution in [0.4, 0.5) is 9.59 Å². The molecule has 0 aliphatic rings. The molecule has 3 aromatic rings. The second-order valence-electron chi connectivity index (χ2n) is 7.61. The third kappa shape index (κ3) is 7.52. The maximum absolute atomic E-state index is 12.2. The Labute approximate surface area is 208 Å². The fraction of sp³-hybridized carbons (Fsp3) is 0.174. The normalized spacial score (nSPS) is 11.4. The van der Waals surface area contributed by atoms with Crippen molar-refractivity contribution >= 4 is 32.2 Å². The van der Waals surface area contributed by atoms with Gasteiger partial charge in [0.2, 0.25) is 0 Å². The number of pyridine rings is 1. The van der Waals surface area contributed by atoms with Crippen LogP contribution in [0.25, 0.3) is 0 Å². The number of rotatable bonds is 8. The maximum atomic E-state index is 12.2. The first kappa shape index (κ1) is 26.6. The van der Waals surface area contributed by atoms with Crippen molar-refractivity contribution in [1.82, 2.24) is 14.4 Å². The van der Waals surface area contributed by atoms with E-state index in [0.717, 1.165) is 11.1 Å². The molecule has 13 heteroatoms. The number of aryl methyl sites for hydroxylation is 2. The minimum atomic E-state index is -4.10. The predicted molar refractivity (Wildman–Crippen MR) is 128 cm³/mol. The smallest absolute Gasteiger partial charge is 0.421 e. The van der Waals surface area contributed by atoms with Gasteiger partial charge in [0, 0.05) is 0 Å². The van der Waals surface area contributed by atoms with Crippen LogP contribution < -0.4 is 9.44 Å². The summed E-state index contributed by atoms with van der Waals surface area (Å²) in [6.07, 6.45) is -2.39. The van der Waals surface area contributed by atoms with Gasteiger partial charge in [0.15, 0.2) is 0 Å². The summed E-state index contributed by atoms with van der Waals surface area (Å²) in [5.74, 6) is 0. The highest BCUT2D eigenvalue weighted by Gasteiger charge is 2.20. The highest BCUT2D eigenvalue weighted by Crippen LogP contribution is 2.12. The predicted octanol–water partition coefficient (Wildman–Crippen LogP) is 2.93. The summed E-state index contributed by atoms with van der Waals surface area (Å²) in [7, 11) is -8.21. The van der Waals surface area contributed by atoms with Crippen LogP contribution in [0.1, 0.15) is 22.5 Å². The van der Waals surface area contributed by atoms with Crippen LogP contribution in [-0.2, 0) is 42.7 Å². The molecule has 0 radical (unpaired) electrons. The molecular weight excluding hydrogens is 510 g/mol. The summed E-state index contributed by atoms with van der Waals surface area (Å²) in [6.45, 7) is 2.86. The zero-order chi connectivity index (χ0) is 26.3. The number of hydrogen-bond acceptors (Lipinski definition) is 9. The van der Waals surface area contributed by atoms with Crippen molar-refractivity contribution in [2.45, 2.75) is 36.9 Å². The van der Waals surface area contributed by atoms with Crippen LogP contribution in [-0.4, -0.2) is 34.0 Å². The molecule has 1 aromatic heterocycles. The topological polar surface area (TPSA) is 158 Å². The Morgan fingerprint density at radius 1 is 0.667 bits per heavy atom. The van der Waals surface area contributed by atoms with Crippen LogP contribution in [0, 0.1) is 13.8 Å². The summed E-state index contributed by atoms with van der Waals surface area (Å²) in [6, 6.07) is 16.4. The highest BCUT2D eigenvalue weighted by atomic mass is 32.2. The molecule has 0 atom stereocenters. The van der Waals surface area contributed by atoms with Crippen molar-refractivity contribution < 1.29 is 35.9 Å². The molecule has 0 bridgehead atoms. The summed E-state index contributed by atoms with van der Waals surface area (Å²) in [5.41, 5.74) is 2.20. The average molecular weight is 534 g/mol. The van der Waals surface area contributed by atoms with Crippen molar-refractivity contribution in [3.05, 3.63) is 89.2 Å². The lowest BCUT2D eigenvalue weighted by atomic mass is 10.2. The van der Waals surface area contributed by atoms with Crippen LogP contribution in [0.5, 0.6) is 0 Å². The molecule has 11 nitrogen and oxygen atoms in total. The fourth-order valence-corrected chi connectivity index (χ4v) is 4.58. The summed E-state index contributed by atoms with van der Waals surface area (Å²) >= 11 is 0.